The van der Waals surface area contributed by atoms with Crippen LogP contribution in [0, 0.1) is 5.82 Å². The number of nitrogens with one attached hydrogen (secondary N) is 1. The van der Waals surface area contributed by atoms with Gasteiger partial charge in [-0.2, -0.15) is 0 Å². The van der Waals surface area contributed by atoms with Crippen LogP contribution in [0.1, 0.15) is 18.1 Å². The molecule has 1 atom stereocenters. The summed E-state index contributed by atoms with van der Waals surface area (Å²) >= 11 is 0. The van der Waals surface area contributed by atoms with E-state index in [1.54, 1.807) is 19.2 Å². The van der Waals surface area contributed by atoms with Crippen molar-refractivity contribution in [3.63, 3.8) is 0 Å². The van der Waals surface area contributed by atoms with E-state index in [-0.39, 0.29) is 11.9 Å². The van der Waals surface area contributed by atoms with Gasteiger partial charge in [-0.25, -0.2) is 4.39 Å². The number of anilines is 1. The minimum absolute atomic E-state index is 0.213. The van der Waals surface area contributed by atoms with Gasteiger partial charge in [-0.15, -0.1) is 0 Å². The zero-order valence-electron chi connectivity index (χ0n) is 12.2. The number of methoxy groups -OCH3 is 1. The fourth-order valence-corrected chi connectivity index (χ4v) is 2.57. The van der Waals surface area contributed by atoms with Gasteiger partial charge in [-0.05, 0) is 43.3 Å². The molecule has 3 rings (SSSR count). The lowest BCUT2D eigenvalue weighted by Gasteiger charge is -2.12. The SMILES string of the molecule is COc1cc2c(cc1CNc1ccc(F)cc1)OC(C)C2. The molecule has 0 saturated carbocycles. The highest BCUT2D eigenvalue weighted by atomic mass is 19.1. The summed E-state index contributed by atoms with van der Waals surface area (Å²) in [4.78, 5) is 0. The van der Waals surface area contributed by atoms with Crippen molar-refractivity contribution in [1.29, 1.82) is 0 Å². The molecule has 0 spiro atoms. The summed E-state index contributed by atoms with van der Waals surface area (Å²) < 4.78 is 24.1. The van der Waals surface area contributed by atoms with Crippen LogP contribution in [0.25, 0.3) is 0 Å². The van der Waals surface area contributed by atoms with E-state index in [0.29, 0.717) is 6.54 Å². The van der Waals surface area contributed by atoms with E-state index in [1.165, 1.54) is 17.7 Å². The third-order valence-corrected chi connectivity index (χ3v) is 3.63. The normalized spacial score (nSPS) is 16.2. The maximum Gasteiger partial charge on any atom is 0.124 e. The molecule has 0 aliphatic carbocycles. The quantitative estimate of drug-likeness (QED) is 0.928. The molecule has 1 heterocycles. The van der Waals surface area contributed by atoms with Crippen LogP contribution >= 0.6 is 0 Å². The van der Waals surface area contributed by atoms with Crippen LogP contribution in [0.4, 0.5) is 10.1 Å². The molecule has 1 aliphatic rings. The van der Waals surface area contributed by atoms with E-state index in [2.05, 4.69) is 12.2 Å². The van der Waals surface area contributed by atoms with Crippen molar-refractivity contribution in [3.05, 3.63) is 53.3 Å². The maximum atomic E-state index is 12.9. The van der Waals surface area contributed by atoms with Gasteiger partial charge < -0.3 is 14.8 Å². The van der Waals surface area contributed by atoms with Gasteiger partial charge in [0.05, 0.1) is 7.11 Å². The minimum Gasteiger partial charge on any atom is -0.496 e. The molecule has 21 heavy (non-hydrogen) atoms. The first kappa shape index (κ1) is 13.7. The summed E-state index contributed by atoms with van der Waals surface area (Å²) in [6, 6.07) is 10.4. The van der Waals surface area contributed by atoms with Crippen LogP contribution in [0.3, 0.4) is 0 Å². The van der Waals surface area contributed by atoms with Crippen LogP contribution in [0.5, 0.6) is 11.5 Å². The first-order valence-electron chi connectivity index (χ1n) is 7.01. The average Bonchev–Trinajstić information content (AvgIpc) is 2.84. The Bertz CT molecular complexity index is 640. The molecule has 0 fully saturated rings. The second-order valence-corrected chi connectivity index (χ2v) is 5.26. The Morgan fingerprint density at radius 1 is 1.29 bits per heavy atom. The highest BCUT2D eigenvalue weighted by Gasteiger charge is 2.21. The Morgan fingerprint density at radius 2 is 2.05 bits per heavy atom. The number of hydrogen-bond acceptors (Lipinski definition) is 3. The van der Waals surface area contributed by atoms with Crippen molar-refractivity contribution in [2.75, 3.05) is 12.4 Å². The number of rotatable bonds is 4. The van der Waals surface area contributed by atoms with Crippen LogP contribution in [-0.2, 0) is 13.0 Å². The van der Waals surface area contributed by atoms with Gasteiger partial charge in [-0.3, -0.25) is 0 Å². The minimum atomic E-state index is -0.238. The molecular formula is C17H18FNO2. The number of ether oxygens (including phenoxy) is 2. The van der Waals surface area contributed by atoms with Crippen molar-refractivity contribution in [3.8, 4) is 11.5 Å². The van der Waals surface area contributed by atoms with Crippen LogP contribution in [0.2, 0.25) is 0 Å². The summed E-state index contributed by atoms with van der Waals surface area (Å²) in [6.45, 7) is 2.66. The van der Waals surface area contributed by atoms with E-state index in [4.69, 9.17) is 9.47 Å². The van der Waals surface area contributed by atoms with E-state index in [9.17, 15) is 4.39 Å². The van der Waals surface area contributed by atoms with Gasteiger partial charge in [0.2, 0.25) is 0 Å². The fourth-order valence-electron chi connectivity index (χ4n) is 2.57. The van der Waals surface area contributed by atoms with E-state index in [0.717, 1.165) is 29.2 Å². The predicted octanol–water partition coefficient (Wildman–Crippen LogP) is 3.77. The number of fused-ring (bicyclic) bond motifs is 1. The molecule has 0 radical (unpaired) electrons. The molecule has 110 valence electrons. The molecule has 2 aromatic carbocycles. The molecule has 1 N–H and O–H groups in total. The van der Waals surface area contributed by atoms with Crippen molar-refractivity contribution >= 4 is 5.69 Å². The van der Waals surface area contributed by atoms with E-state index < -0.39 is 0 Å². The lowest BCUT2D eigenvalue weighted by molar-refractivity contribution is 0.254. The Morgan fingerprint density at radius 3 is 2.76 bits per heavy atom. The van der Waals surface area contributed by atoms with Crippen LogP contribution < -0.4 is 14.8 Å². The number of halogens is 1. The van der Waals surface area contributed by atoms with Crippen molar-refractivity contribution in [2.45, 2.75) is 26.0 Å². The number of benzene rings is 2. The molecule has 3 nitrogen and oxygen atoms in total. The standard InChI is InChI=1S/C17H18FNO2/c1-11-7-12-8-16(20-2)13(9-17(12)21-11)10-19-15-5-3-14(18)4-6-15/h3-6,8-9,11,19H,7,10H2,1-2H3. The second-order valence-electron chi connectivity index (χ2n) is 5.26. The first-order valence-corrected chi connectivity index (χ1v) is 7.01. The molecule has 2 aromatic rings. The fraction of sp³-hybridized carbons (Fsp3) is 0.294. The summed E-state index contributed by atoms with van der Waals surface area (Å²) in [6.07, 6.45) is 1.13. The van der Waals surface area contributed by atoms with Crippen LogP contribution in [-0.4, -0.2) is 13.2 Å². The van der Waals surface area contributed by atoms with Crippen molar-refractivity contribution in [1.82, 2.24) is 0 Å². The Balaban J connectivity index is 1.78. The van der Waals surface area contributed by atoms with Gasteiger partial charge in [0, 0.05) is 29.8 Å². The van der Waals surface area contributed by atoms with Crippen molar-refractivity contribution in [2.24, 2.45) is 0 Å². The maximum absolute atomic E-state index is 12.9. The topological polar surface area (TPSA) is 30.5 Å². The zero-order valence-corrected chi connectivity index (χ0v) is 12.2. The Hall–Kier alpha value is -2.23. The number of hydrogen-bond donors (Lipinski definition) is 1. The largest absolute Gasteiger partial charge is 0.496 e. The molecular weight excluding hydrogens is 269 g/mol. The average molecular weight is 287 g/mol. The summed E-state index contributed by atoms with van der Waals surface area (Å²) in [5.74, 6) is 1.54. The Kier molecular flexibility index (Phi) is 3.69. The summed E-state index contributed by atoms with van der Waals surface area (Å²) in [5, 5.41) is 3.26. The van der Waals surface area contributed by atoms with Crippen LogP contribution in [0.15, 0.2) is 36.4 Å². The molecule has 1 aliphatic heterocycles. The lowest BCUT2D eigenvalue weighted by Crippen LogP contribution is -2.05. The van der Waals surface area contributed by atoms with Crippen molar-refractivity contribution < 1.29 is 13.9 Å². The van der Waals surface area contributed by atoms with Gasteiger partial charge in [-0.1, -0.05) is 0 Å². The highest BCUT2D eigenvalue weighted by Crippen LogP contribution is 2.35. The molecule has 0 amide bonds. The Labute approximate surface area is 123 Å². The van der Waals surface area contributed by atoms with Gasteiger partial charge in [0.15, 0.2) is 0 Å². The molecule has 0 bridgehead atoms. The third-order valence-electron chi connectivity index (χ3n) is 3.63. The molecule has 0 aromatic heterocycles. The monoisotopic (exact) mass is 287 g/mol. The molecule has 4 heteroatoms. The summed E-state index contributed by atoms with van der Waals surface area (Å²) in [5.41, 5.74) is 3.08. The van der Waals surface area contributed by atoms with E-state index in [1.807, 2.05) is 12.1 Å². The smallest absolute Gasteiger partial charge is 0.124 e. The van der Waals surface area contributed by atoms with Gasteiger partial charge in [0.1, 0.15) is 23.4 Å². The first-order chi connectivity index (χ1) is 10.2. The van der Waals surface area contributed by atoms with Gasteiger partial charge >= 0.3 is 0 Å². The van der Waals surface area contributed by atoms with E-state index >= 15 is 0 Å². The second kappa shape index (κ2) is 5.64. The molecule has 0 saturated heterocycles. The highest BCUT2D eigenvalue weighted by molar-refractivity contribution is 5.51. The summed E-state index contributed by atoms with van der Waals surface area (Å²) in [7, 11) is 1.67. The zero-order chi connectivity index (χ0) is 14.8. The lowest BCUT2D eigenvalue weighted by atomic mass is 10.1. The van der Waals surface area contributed by atoms with Gasteiger partial charge in [0.25, 0.3) is 0 Å². The predicted molar refractivity (Wildman–Crippen MR) is 80.5 cm³/mol. The molecule has 1 unspecified atom stereocenters. The third kappa shape index (κ3) is 2.94.